The van der Waals surface area contributed by atoms with Gasteiger partial charge in [-0.25, -0.2) is 4.79 Å². The molecule has 0 atom stereocenters. The molecule has 0 unspecified atom stereocenters. The summed E-state index contributed by atoms with van der Waals surface area (Å²) in [5.41, 5.74) is 6.96. The van der Waals surface area contributed by atoms with Crippen LogP contribution in [-0.4, -0.2) is 16.6 Å². The summed E-state index contributed by atoms with van der Waals surface area (Å²) in [5, 5.41) is 0. The molecule has 4 nitrogen and oxygen atoms in total. The quantitative estimate of drug-likeness (QED) is 0.836. The Labute approximate surface area is 108 Å². The van der Waals surface area contributed by atoms with Crippen LogP contribution >= 0.6 is 0 Å². The number of aromatic nitrogens is 1. The Morgan fingerprint density at radius 2 is 2.17 bits per heavy atom. The van der Waals surface area contributed by atoms with Gasteiger partial charge in [0, 0.05) is 12.7 Å². The largest absolute Gasteiger partial charge is 0.458 e. The fourth-order valence-corrected chi connectivity index (χ4v) is 2.52. The number of nitrogens with two attached hydrogens (primary N) is 1. The van der Waals surface area contributed by atoms with Crippen molar-refractivity contribution in [3.05, 3.63) is 18.0 Å². The van der Waals surface area contributed by atoms with Crippen LogP contribution in [0.2, 0.25) is 0 Å². The highest BCUT2D eigenvalue weighted by molar-refractivity contribution is 5.89. The van der Waals surface area contributed by atoms with E-state index in [1.165, 1.54) is 6.42 Å². The van der Waals surface area contributed by atoms with Gasteiger partial charge in [-0.1, -0.05) is 13.3 Å². The normalized spacial score (nSPS) is 16.7. The molecular formula is C14H22N2O2. The fourth-order valence-electron chi connectivity index (χ4n) is 2.52. The number of carbonyl (C=O) groups is 1. The van der Waals surface area contributed by atoms with E-state index in [-0.39, 0.29) is 12.1 Å². The second-order valence-corrected chi connectivity index (χ2v) is 5.02. The Bertz CT molecular complexity index is 406. The van der Waals surface area contributed by atoms with Gasteiger partial charge in [-0.2, -0.15) is 0 Å². The zero-order valence-corrected chi connectivity index (χ0v) is 11.0. The van der Waals surface area contributed by atoms with Gasteiger partial charge in [0.25, 0.3) is 0 Å². The van der Waals surface area contributed by atoms with Gasteiger partial charge in [-0.05, 0) is 38.2 Å². The highest BCUT2D eigenvalue weighted by Crippen LogP contribution is 2.22. The number of nitrogens with zero attached hydrogens (tertiary/aromatic N) is 1. The lowest BCUT2D eigenvalue weighted by atomic mass is 9.98. The zero-order valence-electron chi connectivity index (χ0n) is 11.0. The van der Waals surface area contributed by atoms with Crippen LogP contribution in [0.3, 0.4) is 0 Å². The SMILES string of the molecule is CCCn1cc(N)cc1C(=O)OC1CCCCC1. The molecule has 0 spiro atoms. The number of anilines is 1. The lowest BCUT2D eigenvalue weighted by Crippen LogP contribution is -2.22. The lowest BCUT2D eigenvalue weighted by molar-refractivity contribution is 0.0199. The molecule has 2 rings (SSSR count). The van der Waals surface area contributed by atoms with Gasteiger partial charge in [0.15, 0.2) is 0 Å². The second-order valence-electron chi connectivity index (χ2n) is 5.02. The van der Waals surface area contributed by atoms with Crippen LogP contribution in [0.5, 0.6) is 0 Å². The van der Waals surface area contributed by atoms with Crippen LogP contribution in [0.1, 0.15) is 55.9 Å². The first-order valence-corrected chi connectivity index (χ1v) is 6.87. The lowest BCUT2D eigenvalue weighted by Gasteiger charge is -2.22. The first-order chi connectivity index (χ1) is 8.70. The number of aryl methyl sites for hydroxylation is 1. The Kier molecular flexibility index (Phi) is 4.28. The Hall–Kier alpha value is -1.45. The molecule has 0 aliphatic heterocycles. The Morgan fingerprint density at radius 1 is 1.44 bits per heavy atom. The predicted molar refractivity (Wildman–Crippen MR) is 71.4 cm³/mol. The highest BCUT2D eigenvalue weighted by Gasteiger charge is 2.21. The van der Waals surface area contributed by atoms with Crippen LogP contribution in [0.15, 0.2) is 12.3 Å². The number of rotatable bonds is 4. The van der Waals surface area contributed by atoms with Gasteiger partial charge in [0.1, 0.15) is 11.8 Å². The molecule has 0 bridgehead atoms. The first-order valence-electron chi connectivity index (χ1n) is 6.87. The van der Waals surface area contributed by atoms with Gasteiger partial charge in [0.05, 0.1) is 5.69 Å². The Morgan fingerprint density at radius 3 is 2.83 bits per heavy atom. The molecule has 1 heterocycles. The monoisotopic (exact) mass is 250 g/mol. The van der Waals surface area contributed by atoms with Crippen molar-refractivity contribution in [3.8, 4) is 0 Å². The van der Waals surface area contributed by atoms with Crippen molar-refractivity contribution in [2.75, 3.05) is 5.73 Å². The van der Waals surface area contributed by atoms with Crippen molar-refractivity contribution in [1.82, 2.24) is 4.57 Å². The zero-order chi connectivity index (χ0) is 13.0. The van der Waals surface area contributed by atoms with Crippen molar-refractivity contribution >= 4 is 11.7 Å². The van der Waals surface area contributed by atoms with Crippen molar-refractivity contribution in [1.29, 1.82) is 0 Å². The van der Waals surface area contributed by atoms with Crippen LogP contribution < -0.4 is 5.73 Å². The molecule has 0 saturated heterocycles. The summed E-state index contributed by atoms with van der Waals surface area (Å²) in [6.07, 6.45) is 8.45. The number of ether oxygens (including phenoxy) is 1. The molecule has 1 aromatic rings. The van der Waals surface area contributed by atoms with Crippen LogP contribution in [0, 0.1) is 0 Å². The van der Waals surface area contributed by atoms with Crippen LogP contribution in [0.25, 0.3) is 0 Å². The third-order valence-corrected chi connectivity index (χ3v) is 3.42. The molecule has 18 heavy (non-hydrogen) atoms. The van der Waals surface area contributed by atoms with E-state index in [0.29, 0.717) is 11.4 Å². The first kappa shape index (κ1) is 13.0. The van der Waals surface area contributed by atoms with Crippen molar-refractivity contribution < 1.29 is 9.53 Å². The molecule has 1 saturated carbocycles. The minimum atomic E-state index is -0.230. The summed E-state index contributed by atoms with van der Waals surface area (Å²) in [6, 6.07) is 1.71. The average molecular weight is 250 g/mol. The molecule has 100 valence electrons. The molecule has 4 heteroatoms. The van der Waals surface area contributed by atoms with Crippen LogP contribution in [-0.2, 0) is 11.3 Å². The molecule has 0 amide bonds. The summed E-state index contributed by atoms with van der Waals surface area (Å²) in [4.78, 5) is 12.1. The van der Waals surface area contributed by atoms with E-state index >= 15 is 0 Å². The molecule has 0 radical (unpaired) electrons. The number of carbonyl (C=O) groups excluding carboxylic acids is 1. The standard InChI is InChI=1S/C14H22N2O2/c1-2-8-16-10-11(15)9-13(16)14(17)18-12-6-4-3-5-7-12/h9-10,12H,2-8,15H2,1H3. The predicted octanol–water partition coefficient (Wildman–Crippen LogP) is 2.97. The third kappa shape index (κ3) is 3.06. The minimum Gasteiger partial charge on any atom is -0.458 e. The van der Waals surface area contributed by atoms with Gasteiger partial charge in [0.2, 0.25) is 0 Å². The second kappa shape index (κ2) is 5.94. The maximum Gasteiger partial charge on any atom is 0.355 e. The maximum atomic E-state index is 12.1. The summed E-state index contributed by atoms with van der Waals surface area (Å²) in [7, 11) is 0. The molecule has 1 aliphatic rings. The summed E-state index contributed by atoms with van der Waals surface area (Å²) in [6.45, 7) is 2.87. The van der Waals surface area contributed by atoms with E-state index in [9.17, 15) is 4.79 Å². The van der Waals surface area contributed by atoms with Crippen molar-refractivity contribution in [3.63, 3.8) is 0 Å². The summed E-state index contributed by atoms with van der Waals surface area (Å²) < 4.78 is 7.45. The molecule has 1 aromatic heterocycles. The molecule has 2 N–H and O–H groups in total. The van der Waals surface area contributed by atoms with Crippen molar-refractivity contribution in [2.24, 2.45) is 0 Å². The summed E-state index contributed by atoms with van der Waals surface area (Å²) >= 11 is 0. The molecular weight excluding hydrogens is 228 g/mol. The summed E-state index contributed by atoms with van der Waals surface area (Å²) in [5.74, 6) is -0.230. The smallest absolute Gasteiger partial charge is 0.355 e. The molecule has 1 fully saturated rings. The van der Waals surface area contributed by atoms with E-state index in [1.807, 2.05) is 4.57 Å². The number of esters is 1. The number of hydrogen-bond donors (Lipinski definition) is 1. The van der Waals surface area contributed by atoms with E-state index in [0.717, 1.165) is 38.6 Å². The number of hydrogen-bond acceptors (Lipinski definition) is 3. The van der Waals surface area contributed by atoms with E-state index in [4.69, 9.17) is 10.5 Å². The van der Waals surface area contributed by atoms with E-state index in [1.54, 1.807) is 12.3 Å². The van der Waals surface area contributed by atoms with Gasteiger partial charge in [-0.3, -0.25) is 0 Å². The van der Waals surface area contributed by atoms with E-state index in [2.05, 4.69) is 6.92 Å². The van der Waals surface area contributed by atoms with Crippen molar-refractivity contribution in [2.45, 2.75) is 58.1 Å². The third-order valence-electron chi connectivity index (χ3n) is 3.42. The maximum absolute atomic E-state index is 12.1. The number of nitrogen functional groups attached to an aromatic ring is 1. The van der Waals surface area contributed by atoms with Gasteiger partial charge in [-0.15, -0.1) is 0 Å². The fraction of sp³-hybridized carbons (Fsp3) is 0.643. The minimum absolute atomic E-state index is 0.0949. The molecule has 1 aliphatic carbocycles. The Balaban J connectivity index is 2.03. The average Bonchev–Trinajstić information content (AvgIpc) is 2.72. The topological polar surface area (TPSA) is 57.2 Å². The van der Waals surface area contributed by atoms with Gasteiger partial charge >= 0.3 is 5.97 Å². The van der Waals surface area contributed by atoms with Gasteiger partial charge < -0.3 is 15.0 Å². The van der Waals surface area contributed by atoms with E-state index < -0.39 is 0 Å². The van der Waals surface area contributed by atoms with Crippen LogP contribution in [0.4, 0.5) is 5.69 Å². The molecule has 0 aromatic carbocycles. The highest BCUT2D eigenvalue weighted by atomic mass is 16.5.